The van der Waals surface area contributed by atoms with Crippen molar-refractivity contribution < 1.29 is 0 Å². The number of amidine groups is 1. The fourth-order valence-electron chi connectivity index (χ4n) is 1.84. The molecule has 0 aromatic heterocycles. The van der Waals surface area contributed by atoms with Crippen LogP contribution >= 0.6 is 11.8 Å². The van der Waals surface area contributed by atoms with E-state index in [0.717, 1.165) is 18.8 Å². The first-order chi connectivity index (χ1) is 6.74. The van der Waals surface area contributed by atoms with Crippen molar-refractivity contribution in [3.05, 3.63) is 0 Å². The van der Waals surface area contributed by atoms with Crippen molar-refractivity contribution in [2.24, 2.45) is 16.6 Å². The minimum atomic E-state index is 0.597. The summed E-state index contributed by atoms with van der Waals surface area (Å²) < 4.78 is 0. The van der Waals surface area contributed by atoms with Crippen LogP contribution in [-0.4, -0.2) is 23.9 Å². The van der Waals surface area contributed by atoms with E-state index in [0.29, 0.717) is 11.2 Å². The standard InChI is InChI=1S/C11H22N2S/c1-9(14-2)7-8-13-11(12)10-5-3-4-6-10/h9-10H,3-8H2,1-2H3,(H2,12,13). The van der Waals surface area contributed by atoms with Crippen molar-refractivity contribution in [2.75, 3.05) is 12.8 Å². The Labute approximate surface area is 91.7 Å². The highest BCUT2D eigenvalue weighted by molar-refractivity contribution is 7.99. The van der Waals surface area contributed by atoms with Crippen molar-refractivity contribution in [2.45, 2.75) is 44.3 Å². The smallest absolute Gasteiger partial charge is 0.0968 e. The van der Waals surface area contributed by atoms with Crippen LogP contribution in [0.3, 0.4) is 0 Å². The van der Waals surface area contributed by atoms with Crippen LogP contribution in [0.4, 0.5) is 0 Å². The molecule has 1 unspecified atom stereocenters. The number of hydrogen-bond acceptors (Lipinski definition) is 2. The van der Waals surface area contributed by atoms with Gasteiger partial charge in [-0.2, -0.15) is 11.8 Å². The van der Waals surface area contributed by atoms with Crippen LogP contribution in [-0.2, 0) is 0 Å². The van der Waals surface area contributed by atoms with E-state index >= 15 is 0 Å². The van der Waals surface area contributed by atoms with E-state index in [-0.39, 0.29) is 0 Å². The van der Waals surface area contributed by atoms with E-state index in [1.807, 2.05) is 11.8 Å². The summed E-state index contributed by atoms with van der Waals surface area (Å²) in [6, 6.07) is 0. The van der Waals surface area contributed by atoms with Gasteiger partial charge in [0.1, 0.15) is 0 Å². The SMILES string of the molecule is CSC(C)CCN=C(N)C1CCCC1. The van der Waals surface area contributed by atoms with Gasteiger partial charge < -0.3 is 5.73 Å². The first-order valence-electron chi connectivity index (χ1n) is 5.56. The van der Waals surface area contributed by atoms with Crippen molar-refractivity contribution in [3.8, 4) is 0 Å². The predicted molar refractivity (Wildman–Crippen MR) is 66.0 cm³/mol. The maximum absolute atomic E-state index is 5.95. The molecule has 1 rings (SSSR count). The van der Waals surface area contributed by atoms with Crippen LogP contribution < -0.4 is 5.73 Å². The van der Waals surface area contributed by atoms with Crippen LogP contribution in [0.25, 0.3) is 0 Å². The summed E-state index contributed by atoms with van der Waals surface area (Å²) in [4.78, 5) is 4.48. The fraction of sp³-hybridized carbons (Fsp3) is 0.909. The summed E-state index contributed by atoms with van der Waals surface area (Å²) >= 11 is 1.90. The second-order valence-corrected chi connectivity index (χ2v) is 5.40. The van der Waals surface area contributed by atoms with Crippen molar-refractivity contribution in [1.29, 1.82) is 0 Å². The quantitative estimate of drug-likeness (QED) is 0.564. The largest absolute Gasteiger partial charge is 0.387 e. The second-order valence-electron chi connectivity index (χ2n) is 4.12. The van der Waals surface area contributed by atoms with Gasteiger partial charge >= 0.3 is 0 Å². The molecule has 1 saturated carbocycles. The molecule has 0 saturated heterocycles. The molecule has 1 fully saturated rings. The summed E-state index contributed by atoms with van der Waals surface area (Å²) in [5, 5.41) is 0.704. The van der Waals surface area contributed by atoms with Gasteiger partial charge in [0.05, 0.1) is 5.84 Å². The predicted octanol–water partition coefficient (Wildman–Crippen LogP) is 2.68. The van der Waals surface area contributed by atoms with Gasteiger partial charge in [0.25, 0.3) is 0 Å². The zero-order valence-electron chi connectivity index (χ0n) is 9.33. The topological polar surface area (TPSA) is 38.4 Å². The molecule has 2 nitrogen and oxygen atoms in total. The third-order valence-corrected chi connectivity index (χ3v) is 4.05. The van der Waals surface area contributed by atoms with E-state index in [2.05, 4.69) is 18.2 Å². The van der Waals surface area contributed by atoms with Crippen LogP contribution in [0.5, 0.6) is 0 Å². The number of nitrogens with zero attached hydrogens (tertiary/aromatic N) is 1. The minimum absolute atomic E-state index is 0.597. The molecule has 1 aliphatic carbocycles. The Hall–Kier alpha value is -0.180. The third kappa shape index (κ3) is 3.91. The first-order valence-corrected chi connectivity index (χ1v) is 6.85. The van der Waals surface area contributed by atoms with Gasteiger partial charge in [-0.15, -0.1) is 0 Å². The molecule has 1 aliphatic rings. The molecule has 2 N–H and O–H groups in total. The fourth-order valence-corrected chi connectivity index (χ4v) is 2.19. The molecular formula is C11H22N2S. The van der Waals surface area contributed by atoms with E-state index in [1.54, 1.807) is 0 Å². The molecule has 0 bridgehead atoms. The van der Waals surface area contributed by atoms with Gasteiger partial charge in [0, 0.05) is 17.7 Å². The van der Waals surface area contributed by atoms with Gasteiger partial charge in [0.15, 0.2) is 0 Å². The molecule has 0 aromatic carbocycles. The maximum Gasteiger partial charge on any atom is 0.0968 e. The van der Waals surface area contributed by atoms with E-state index < -0.39 is 0 Å². The highest BCUT2D eigenvalue weighted by Crippen LogP contribution is 2.24. The Morgan fingerprint density at radius 2 is 2.14 bits per heavy atom. The maximum atomic E-state index is 5.95. The Bertz CT molecular complexity index is 186. The number of rotatable bonds is 5. The summed E-state index contributed by atoms with van der Waals surface area (Å²) in [5.74, 6) is 1.51. The zero-order valence-corrected chi connectivity index (χ0v) is 10.1. The number of aliphatic imine (C=N–C) groups is 1. The average molecular weight is 214 g/mol. The molecule has 0 spiro atoms. The van der Waals surface area contributed by atoms with Crippen LogP contribution in [0.2, 0.25) is 0 Å². The molecule has 0 aliphatic heterocycles. The lowest BCUT2D eigenvalue weighted by atomic mass is 10.1. The van der Waals surface area contributed by atoms with Crippen molar-refractivity contribution in [3.63, 3.8) is 0 Å². The van der Waals surface area contributed by atoms with Gasteiger partial charge in [-0.1, -0.05) is 19.8 Å². The molecule has 0 aromatic rings. The Kier molecular flexibility index (Phi) is 5.38. The average Bonchev–Trinajstić information content (AvgIpc) is 2.70. The summed E-state index contributed by atoms with van der Waals surface area (Å²) in [7, 11) is 0. The van der Waals surface area contributed by atoms with E-state index in [1.165, 1.54) is 25.7 Å². The summed E-state index contributed by atoms with van der Waals surface area (Å²) in [5.41, 5.74) is 5.95. The number of hydrogen-bond donors (Lipinski definition) is 1. The minimum Gasteiger partial charge on any atom is -0.387 e. The van der Waals surface area contributed by atoms with Gasteiger partial charge in [-0.25, -0.2) is 0 Å². The monoisotopic (exact) mass is 214 g/mol. The van der Waals surface area contributed by atoms with Gasteiger partial charge in [-0.05, 0) is 25.5 Å². The molecule has 14 heavy (non-hydrogen) atoms. The molecule has 82 valence electrons. The highest BCUT2D eigenvalue weighted by atomic mass is 32.2. The van der Waals surface area contributed by atoms with Gasteiger partial charge in [-0.3, -0.25) is 4.99 Å². The van der Waals surface area contributed by atoms with Gasteiger partial charge in [0.2, 0.25) is 0 Å². The molecular weight excluding hydrogens is 192 g/mol. The molecule has 3 heteroatoms. The van der Waals surface area contributed by atoms with E-state index in [9.17, 15) is 0 Å². The van der Waals surface area contributed by atoms with Crippen molar-refractivity contribution >= 4 is 17.6 Å². The Morgan fingerprint density at radius 3 is 2.71 bits per heavy atom. The second kappa shape index (κ2) is 6.33. The number of nitrogens with two attached hydrogens (primary N) is 1. The van der Waals surface area contributed by atoms with E-state index in [4.69, 9.17) is 5.73 Å². The lowest BCUT2D eigenvalue weighted by molar-refractivity contribution is 0.710. The Morgan fingerprint density at radius 1 is 1.50 bits per heavy atom. The first kappa shape index (κ1) is 11.9. The summed E-state index contributed by atoms with van der Waals surface area (Å²) in [6.07, 6.45) is 8.48. The van der Waals surface area contributed by atoms with Crippen molar-refractivity contribution in [1.82, 2.24) is 0 Å². The van der Waals surface area contributed by atoms with Crippen LogP contribution in [0.1, 0.15) is 39.0 Å². The third-order valence-electron chi connectivity index (χ3n) is 3.01. The molecule has 1 atom stereocenters. The van der Waals surface area contributed by atoms with Crippen LogP contribution in [0, 0.1) is 5.92 Å². The lowest BCUT2D eigenvalue weighted by Gasteiger charge is -2.09. The zero-order chi connectivity index (χ0) is 10.4. The molecule has 0 radical (unpaired) electrons. The van der Waals surface area contributed by atoms with Crippen LogP contribution in [0.15, 0.2) is 4.99 Å². The summed E-state index contributed by atoms with van der Waals surface area (Å²) in [6.45, 7) is 3.15. The normalized spacial score (nSPS) is 21.4. The molecule has 0 heterocycles. The lowest BCUT2D eigenvalue weighted by Crippen LogP contribution is -2.22. The highest BCUT2D eigenvalue weighted by Gasteiger charge is 2.18. The number of thioether (sulfide) groups is 1. The Balaban J connectivity index is 2.22. The molecule has 0 amide bonds.